The van der Waals surface area contributed by atoms with Crippen LogP contribution in [0.4, 0.5) is 8.78 Å². The Hall–Kier alpha value is -3.56. The highest BCUT2D eigenvalue weighted by atomic mass is 19.3. The predicted molar refractivity (Wildman–Crippen MR) is 98.5 cm³/mol. The van der Waals surface area contributed by atoms with Crippen LogP contribution in [0, 0.1) is 0 Å². The van der Waals surface area contributed by atoms with Crippen molar-refractivity contribution in [2.45, 2.75) is 13.2 Å². The smallest absolute Gasteiger partial charge is 0.387 e. The van der Waals surface area contributed by atoms with Crippen LogP contribution >= 0.6 is 0 Å². The predicted octanol–water partition coefficient (Wildman–Crippen LogP) is 2.06. The van der Waals surface area contributed by atoms with Crippen molar-refractivity contribution in [3.8, 4) is 23.0 Å². The number of carbonyl (C=O) groups is 2. The van der Waals surface area contributed by atoms with Gasteiger partial charge in [0.2, 0.25) is 5.91 Å². The van der Waals surface area contributed by atoms with Crippen molar-refractivity contribution in [3.05, 3.63) is 47.5 Å². The van der Waals surface area contributed by atoms with Crippen LogP contribution in [0.3, 0.4) is 0 Å². The molecule has 0 unspecified atom stereocenters. The minimum absolute atomic E-state index is 0.0183. The Bertz CT molecular complexity index is 876. The van der Waals surface area contributed by atoms with E-state index in [9.17, 15) is 23.5 Å². The molecule has 0 aromatic heterocycles. The number of hydrogen-bond donors (Lipinski definition) is 3. The molecule has 0 spiro atoms. The fraction of sp³-hybridized carbons (Fsp3) is 0.263. The molecule has 2 aromatic rings. The van der Waals surface area contributed by atoms with Crippen molar-refractivity contribution in [2.75, 3.05) is 20.8 Å². The summed E-state index contributed by atoms with van der Waals surface area (Å²) in [4.78, 5) is 24.1. The van der Waals surface area contributed by atoms with E-state index < -0.39 is 18.4 Å². The molecule has 2 amide bonds. The molecule has 29 heavy (non-hydrogen) atoms. The average molecular weight is 410 g/mol. The second kappa shape index (κ2) is 10.1. The summed E-state index contributed by atoms with van der Waals surface area (Å²) >= 11 is 0. The van der Waals surface area contributed by atoms with Gasteiger partial charge >= 0.3 is 6.61 Å². The summed E-state index contributed by atoms with van der Waals surface area (Å²) in [6, 6.07) is 8.31. The molecule has 156 valence electrons. The molecule has 0 saturated carbocycles. The van der Waals surface area contributed by atoms with Crippen LogP contribution in [0.25, 0.3) is 0 Å². The van der Waals surface area contributed by atoms with E-state index in [1.54, 1.807) is 12.1 Å². The fourth-order valence-corrected chi connectivity index (χ4v) is 2.36. The molecule has 0 aliphatic rings. The molecule has 0 atom stereocenters. The summed E-state index contributed by atoms with van der Waals surface area (Å²) in [6.07, 6.45) is 0. The number of carbonyl (C=O) groups excluding carboxylic acids is 2. The topological polar surface area (TPSA) is 106 Å². The van der Waals surface area contributed by atoms with Gasteiger partial charge in [-0.15, -0.1) is 0 Å². The monoisotopic (exact) mass is 410 g/mol. The lowest BCUT2D eigenvalue weighted by atomic mass is 10.2. The third-order valence-corrected chi connectivity index (χ3v) is 3.79. The average Bonchev–Trinajstić information content (AvgIpc) is 2.71. The first-order valence-corrected chi connectivity index (χ1v) is 8.37. The maximum absolute atomic E-state index is 12.3. The Morgan fingerprint density at radius 2 is 1.72 bits per heavy atom. The number of halogens is 2. The van der Waals surface area contributed by atoms with Crippen molar-refractivity contribution in [1.82, 2.24) is 10.6 Å². The molecule has 0 bridgehead atoms. The van der Waals surface area contributed by atoms with Gasteiger partial charge in [0.15, 0.2) is 23.0 Å². The van der Waals surface area contributed by atoms with E-state index in [1.807, 2.05) is 0 Å². The van der Waals surface area contributed by atoms with Crippen LogP contribution in [-0.2, 0) is 11.3 Å². The number of phenolic OH excluding ortho intramolecular Hbond substituents is 1. The van der Waals surface area contributed by atoms with E-state index in [4.69, 9.17) is 9.47 Å². The molecule has 0 saturated heterocycles. The molecular weight excluding hydrogens is 390 g/mol. The van der Waals surface area contributed by atoms with Crippen LogP contribution in [-0.4, -0.2) is 44.3 Å². The zero-order chi connectivity index (χ0) is 21.4. The summed E-state index contributed by atoms with van der Waals surface area (Å²) in [7, 11) is 2.66. The molecule has 0 aliphatic carbocycles. The van der Waals surface area contributed by atoms with Crippen molar-refractivity contribution in [1.29, 1.82) is 0 Å². The highest BCUT2D eigenvalue weighted by Gasteiger charge is 2.15. The van der Waals surface area contributed by atoms with Crippen LogP contribution in [0.5, 0.6) is 23.0 Å². The van der Waals surface area contributed by atoms with Gasteiger partial charge in [-0.1, -0.05) is 6.07 Å². The van der Waals surface area contributed by atoms with Gasteiger partial charge < -0.3 is 30.0 Å². The van der Waals surface area contributed by atoms with E-state index in [1.165, 1.54) is 38.5 Å². The van der Waals surface area contributed by atoms with Gasteiger partial charge in [-0.05, 0) is 35.9 Å². The highest BCUT2D eigenvalue weighted by molar-refractivity contribution is 5.97. The number of benzene rings is 2. The zero-order valence-corrected chi connectivity index (χ0v) is 15.7. The molecule has 0 fully saturated rings. The minimum atomic E-state index is -3.03. The van der Waals surface area contributed by atoms with Gasteiger partial charge in [0.05, 0.1) is 20.8 Å². The van der Waals surface area contributed by atoms with E-state index in [0.29, 0.717) is 5.56 Å². The molecule has 2 aromatic carbocycles. The Kier molecular flexibility index (Phi) is 7.58. The maximum Gasteiger partial charge on any atom is 0.387 e. The summed E-state index contributed by atoms with van der Waals surface area (Å²) in [5, 5.41) is 14.6. The maximum atomic E-state index is 12.3. The van der Waals surface area contributed by atoms with E-state index >= 15 is 0 Å². The van der Waals surface area contributed by atoms with E-state index in [2.05, 4.69) is 15.4 Å². The molecular formula is C19H20F2N2O6. The Balaban J connectivity index is 1.89. The first-order chi connectivity index (χ1) is 13.8. The largest absolute Gasteiger partial charge is 0.504 e. The fourth-order valence-electron chi connectivity index (χ4n) is 2.36. The molecule has 3 N–H and O–H groups in total. The van der Waals surface area contributed by atoms with Crippen molar-refractivity contribution < 1.29 is 37.7 Å². The second-order valence-corrected chi connectivity index (χ2v) is 5.71. The van der Waals surface area contributed by atoms with Gasteiger partial charge in [0, 0.05) is 12.1 Å². The quantitative estimate of drug-likeness (QED) is 0.584. The van der Waals surface area contributed by atoms with Crippen LogP contribution in [0.2, 0.25) is 0 Å². The van der Waals surface area contributed by atoms with Gasteiger partial charge in [-0.3, -0.25) is 9.59 Å². The number of phenols is 1. The van der Waals surface area contributed by atoms with Gasteiger partial charge in [0.1, 0.15) is 0 Å². The van der Waals surface area contributed by atoms with Crippen LogP contribution in [0.15, 0.2) is 36.4 Å². The molecule has 10 heteroatoms. The molecule has 0 aliphatic heterocycles. The van der Waals surface area contributed by atoms with Gasteiger partial charge in [0.25, 0.3) is 5.91 Å². The first-order valence-electron chi connectivity index (χ1n) is 8.37. The molecule has 8 nitrogen and oxygen atoms in total. The Morgan fingerprint density at radius 1 is 1.00 bits per heavy atom. The lowest BCUT2D eigenvalue weighted by molar-refractivity contribution is -0.120. The number of rotatable bonds is 9. The number of ether oxygens (including phenoxy) is 3. The second-order valence-electron chi connectivity index (χ2n) is 5.71. The zero-order valence-electron chi connectivity index (χ0n) is 15.7. The summed E-state index contributed by atoms with van der Waals surface area (Å²) in [6.45, 7) is -3.16. The molecule has 0 radical (unpaired) electrons. The number of nitrogens with one attached hydrogen (secondary N) is 2. The Morgan fingerprint density at radius 3 is 2.38 bits per heavy atom. The number of hydrogen-bond acceptors (Lipinski definition) is 6. The third kappa shape index (κ3) is 6.23. The number of alkyl halides is 2. The van der Waals surface area contributed by atoms with Crippen molar-refractivity contribution >= 4 is 11.8 Å². The number of amides is 2. The molecule has 0 heterocycles. The Labute approximate surface area is 165 Å². The number of aromatic hydroxyl groups is 1. The summed E-state index contributed by atoms with van der Waals surface area (Å²) < 4.78 is 38.9. The molecule has 2 rings (SSSR count). The number of methoxy groups -OCH3 is 2. The van der Waals surface area contributed by atoms with Crippen molar-refractivity contribution in [3.63, 3.8) is 0 Å². The summed E-state index contributed by atoms with van der Waals surface area (Å²) in [5.74, 6) is -1.03. The van der Waals surface area contributed by atoms with Gasteiger partial charge in [-0.2, -0.15) is 8.78 Å². The minimum Gasteiger partial charge on any atom is -0.504 e. The summed E-state index contributed by atoms with van der Waals surface area (Å²) in [5.41, 5.74) is 0.804. The van der Waals surface area contributed by atoms with Crippen LogP contribution in [0.1, 0.15) is 15.9 Å². The van der Waals surface area contributed by atoms with Gasteiger partial charge in [-0.25, -0.2) is 0 Å². The lowest BCUT2D eigenvalue weighted by Gasteiger charge is -2.12. The van der Waals surface area contributed by atoms with Crippen molar-refractivity contribution in [2.24, 2.45) is 0 Å². The van der Waals surface area contributed by atoms with E-state index in [-0.39, 0.29) is 41.7 Å². The third-order valence-electron chi connectivity index (χ3n) is 3.79. The normalized spacial score (nSPS) is 10.4. The SMILES string of the molecule is COc1cc(CNC(=O)CNC(=O)c2ccc(OC(F)F)c(OC)c2)ccc1O. The highest BCUT2D eigenvalue weighted by Crippen LogP contribution is 2.29. The lowest BCUT2D eigenvalue weighted by Crippen LogP contribution is -2.36. The standard InChI is InChI=1S/C19H20F2N2O6/c1-27-15-7-11(3-5-13(15)24)9-22-17(25)10-23-18(26)12-4-6-14(29-19(20)21)16(8-12)28-2/h3-8,19,24H,9-10H2,1-2H3,(H,22,25)(H,23,26). The van der Waals surface area contributed by atoms with Crippen LogP contribution < -0.4 is 24.8 Å². The van der Waals surface area contributed by atoms with E-state index in [0.717, 1.165) is 0 Å². The first kappa shape index (κ1) is 21.7.